The molecule has 140 valence electrons. The van der Waals surface area contributed by atoms with E-state index in [0.29, 0.717) is 31.4 Å². The summed E-state index contributed by atoms with van der Waals surface area (Å²) in [5, 5.41) is 6.64. The molecule has 1 atom stereocenters. The molecule has 1 aromatic heterocycles. The number of aromatic nitrogens is 1. The van der Waals surface area contributed by atoms with E-state index in [0.717, 1.165) is 32.0 Å². The Hall–Kier alpha value is -1.89. The molecule has 2 heterocycles. The smallest absolute Gasteiger partial charge is 0.191 e. The van der Waals surface area contributed by atoms with Gasteiger partial charge >= 0.3 is 0 Å². The maximum Gasteiger partial charge on any atom is 0.191 e. The molecule has 1 aromatic rings. The lowest BCUT2D eigenvalue weighted by molar-refractivity contribution is 0.128. The minimum atomic E-state index is -0.274. The number of aliphatic imine (C=N–C) groups is 1. The zero-order valence-corrected chi connectivity index (χ0v) is 15.5. The van der Waals surface area contributed by atoms with Gasteiger partial charge in [-0.1, -0.05) is 13.8 Å². The predicted octanol–water partition coefficient (Wildman–Crippen LogP) is 2.03. The maximum atomic E-state index is 13.8. The standard InChI is InChI=1S/C18H30FN5O/c1-14(2)7-11-25-12-9-22-18(20-3)23-15-6-10-24(13-15)17-16(19)5-4-8-21-17/h4-5,8,14-15H,6-7,9-13H2,1-3H3,(H2,20,22,23). The largest absolute Gasteiger partial charge is 0.380 e. The van der Waals surface area contributed by atoms with Gasteiger partial charge in [0.1, 0.15) is 0 Å². The fourth-order valence-electron chi connectivity index (χ4n) is 2.73. The van der Waals surface area contributed by atoms with Gasteiger partial charge < -0.3 is 20.3 Å². The lowest BCUT2D eigenvalue weighted by Crippen LogP contribution is -2.45. The van der Waals surface area contributed by atoms with Crippen LogP contribution in [0.3, 0.4) is 0 Å². The van der Waals surface area contributed by atoms with Crippen LogP contribution in [0.2, 0.25) is 0 Å². The normalized spacial score (nSPS) is 18.0. The van der Waals surface area contributed by atoms with E-state index < -0.39 is 0 Å². The second kappa shape index (κ2) is 10.2. The highest BCUT2D eigenvalue weighted by molar-refractivity contribution is 5.80. The van der Waals surface area contributed by atoms with Crippen LogP contribution in [0.25, 0.3) is 0 Å². The average molecular weight is 351 g/mol. The van der Waals surface area contributed by atoms with E-state index >= 15 is 0 Å². The molecule has 2 N–H and O–H groups in total. The topological polar surface area (TPSA) is 61.8 Å². The summed E-state index contributed by atoms with van der Waals surface area (Å²) in [6.45, 7) is 8.02. The molecule has 0 aliphatic carbocycles. The van der Waals surface area contributed by atoms with Gasteiger partial charge in [0.2, 0.25) is 0 Å². The molecular weight excluding hydrogens is 321 g/mol. The number of hydrogen-bond donors (Lipinski definition) is 2. The molecule has 1 saturated heterocycles. The van der Waals surface area contributed by atoms with E-state index in [1.54, 1.807) is 19.3 Å². The fraction of sp³-hybridized carbons (Fsp3) is 0.667. The molecule has 6 nitrogen and oxygen atoms in total. The van der Waals surface area contributed by atoms with E-state index in [1.807, 2.05) is 4.90 Å². The van der Waals surface area contributed by atoms with E-state index in [4.69, 9.17) is 4.74 Å². The van der Waals surface area contributed by atoms with Crippen molar-refractivity contribution in [2.45, 2.75) is 32.7 Å². The van der Waals surface area contributed by atoms with Gasteiger partial charge in [-0.05, 0) is 30.9 Å². The minimum Gasteiger partial charge on any atom is -0.380 e. The monoisotopic (exact) mass is 351 g/mol. The van der Waals surface area contributed by atoms with Crippen molar-refractivity contribution in [1.82, 2.24) is 15.6 Å². The molecule has 0 saturated carbocycles. The summed E-state index contributed by atoms with van der Waals surface area (Å²) in [6.07, 6.45) is 3.62. The Kier molecular flexibility index (Phi) is 7.91. The van der Waals surface area contributed by atoms with Crippen molar-refractivity contribution in [2.24, 2.45) is 10.9 Å². The van der Waals surface area contributed by atoms with Crippen molar-refractivity contribution in [3.63, 3.8) is 0 Å². The first kappa shape index (κ1) is 19.4. The third-order valence-corrected chi connectivity index (χ3v) is 4.17. The minimum absolute atomic E-state index is 0.217. The van der Waals surface area contributed by atoms with E-state index in [2.05, 4.69) is 34.5 Å². The predicted molar refractivity (Wildman–Crippen MR) is 99.6 cm³/mol. The summed E-state index contributed by atoms with van der Waals surface area (Å²) >= 11 is 0. The van der Waals surface area contributed by atoms with E-state index in [9.17, 15) is 4.39 Å². The molecule has 1 unspecified atom stereocenters. The molecule has 0 spiro atoms. The Balaban J connectivity index is 1.69. The summed E-state index contributed by atoms with van der Waals surface area (Å²) < 4.78 is 19.4. The Morgan fingerprint density at radius 2 is 2.32 bits per heavy atom. The van der Waals surface area contributed by atoms with E-state index in [-0.39, 0.29) is 11.9 Å². The number of nitrogens with zero attached hydrogens (tertiary/aromatic N) is 3. The third kappa shape index (κ3) is 6.49. The van der Waals surface area contributed by atoms with E-state index in [1.165, 1.54) is 6.07 Å². The number of anilines is 1. The van der Waals surface area contributed by atoms with Crippen LogP contribution in [0.5, 0.6) is 0 Å². The molecule has 1 aliphatic rings. The van der Waals surface area contributed by atoms with Crippen LogP contribution >= 0.6 is 0 Å². The van der Waals surface area contributed by atoms with Crippen LogP contribution < -0.4 is 15.5 Å². The number of pyridine rings is 1. The first-order chi connectivity index (χ1) is 12.1. The molecular formula is C18H30FN5O. The number of hydrogen-bond acceptors (Lipinski definition) is 4. The highest BCUT2D eigenvalue weighted by atomic mass is 19.1. The van der Waals surface area contributed by atoms with Crippen LogP contribution in [0, 0.1) is 11.7 Å². The van der Waals surface area contributed by atoms with Crippen molar-refractivity contribution in [1.29, 1.82) is 0 Å². The van der Waals surface area contributed by atoms with Crippen molar-refractivity contribution in [3.8, 4) is 0 Å². The van der Waals surface area contributed by atoms with Crippen molar-refractivity contribution in [2.75, 3.05) is 44.8 Å². The quantitative estimate of drug-likeness (QED) is 0.426. The number of ether oxygens (including phenoxy) is 1. The van der Waals surface area contributed by atoms with Crippen LogP contribution in [-0.2, 0) is 4.74 Å². The van der Waals surface area contributed by atoms with Crippen molar-refractivity contribution in [3.05, 3.63) is 24.1 Å². The zero-order valence-electron chi connectivity index (χ0n) is 15.5. The van der Waals surface area contributed by atoms with Gasteiger partial charge in [-0.2, -0.15) is 0 Å². The Morgan fingerprint density at radius 3 is 3.04 bits per heavy atom. The zero-order chi connectivity index (χ0) is 18.1. The number of rotatable bonds is 8. The van der Waals surface area contributed by atoms with Gasteiger partial charge in [-0.3, -0.25) is 4.99 Å². The lowest BCUT2D eigenvalue weighted by Gasteiger charge is -2.20. The van der Waals surface area contributed by atoms with Gasteiger partial charge in [-0.15, -0.1) is 0 Å². The SMILES string of the molecule is CN=C(NCCOCCC(C)C)NC1CCN(c2ncccc2F)C1. The molecule has 2 rings (SSSR count). The first-order valence-electron chi connectivity index (χ1n) is 9.00. The van der Waals surface area contributed by atoms with Gasteiger partial charge in [0.25, 0.3) is 0 Å². The molecule has 1 aliphatic heterocycles. The van der Waals surface area contributed by atoms with Crippen LogP contribution in [-0.4, -0.2) is 56.9 Å². The highest BCUT2D eigenvalue weighted by Crippen LogP contribution is 2.20. The molecule has 0 bridgehead atoms. The van der Waals surface area contributed by atoms with Crippen LogP contribution in [0.1, 0.15) is 26.7 Å². The Labute approximate surface area is 149 Å². The number of halogens is 1. The van der Waals surface area contributed by atoms with Gasteiger partial charge in [-0.25, -0.2) is 9.37 Å². The number of guanidine groups is 1. The maximum absolute atomic E-state index is 13.8. The lowest BCUT2D eigenvalue weighted by atomic mass is 10.1. The van der Waals surface area contributed by atoms with Crippen molar-refractivity contribution >= 4 is 11.8 Å². The number of nitrogens with one attached hydrogen (secondary N) is 2. The van der Waals surface area contributed by atoms with Crippen LogP contribution in [0.15, 0.2) is 23.3 Å². The molecule has 7 heteroatoms. The summed E-state index contributed by atoms with van der Waals surface area (Å²) in [6, 6.07) is 3.28. The molecule has 0 radical (unpaired) electrons. The highest BCUT2D eigenvalue weighted by Gasteiger charge is 2.25. The molecule has 1 fully saturated rings. The summed E-state index contributed by atoms with van der Waals surface area (Å²) in [5.74, 6) is 1.56. The molecule has 0 amide bonds. The van der Waals surface area contributed by atoms with Gasteiger partial charge in [0.15, 0.2) is 17.6 Å². The summed E-state index contributed by atoms with van der Waals surface area (Å²) in [4.78, 5) is 10.4. The Bertz CT molecular complexity index is 552. The second-order valence-electron chi connectivity index (χ2n) is 6.68. The molecule has 25 heavy (non-hydrogen) atoms. The van der Waals surface area contributed by atoms with Gasteiger partial charge in [0.05, 0.1) is 6.61 Å². The van der Waals surface area contributed by atoms with Crippen molar-refractivity contribution < 1.29 is 9.13 Å². The summed E-state index contributed by atoms with van der Waals surface area (Å²) in [7, 11) is 1.75. The third-order valence-electron chi connectivity index (χ3n) is 4.17. The molecule has 0 aromatic carbocycles. The Morgan fingerprint density at radius 1 is 1.48 bits per heavy atom. The first-order valence-corrected chi connectivity index (χ1v) is 9.00. The van der Waals surface area contributed by atoms with Crippen LogP contribution in [0.4, 0.5) is 10.2 Å². The summed E-state index contributed by atoms with van der Waals surface area (Å²) in [5.41, 5.74) is 0. The fourth-order valence-corrected chi connectivity index (χ4v) is 2.73. The average Bonchev–Trinajstić information content (AvgIpc) is 3.05. The van der Waals surface area contributed by atoms with Gasteiger partial charge in [0, 0.05) is 45.5 Å². The second-order valence-corrected chi connectivity index (χ2v) is 6.68.